The van der Waals surface area contributed by atoms with Gasteiger partial charge in [-0.15, -0.1) is 28.1 Å². The number of carbonyl (C=O) groups is 1. The van der Waals surface area contributed by atoms with Gasteiger partial charge in [0.1, 0.15) is 0 Å². The van der Waals surface area contributed by atoms with Crippen LogP contribution in [0.2, 0.25) is 0 Å². The summed E-state index contributed by atoms with van der Waals surface area (Å²) in [4.78, 5) is 19.0. The second-order valence-corrected chi connectivity index (χ2v) is 9.84. The first-order valence-electron chi connectivity index (χ1n) is 10.9. The number of allylic oxidation sites excluding steroid dienone is 1. The summed E-state index contributed by atoms with van der Waals surface area (Å²) < 4.78 is 2.07. The van der Waals surface area contributed by atoms with Crippen LogP contribution in [0.25, 0.3) is 11.4 Å². The molecular formula is C26H27N5OS2. The molecule has 0 saturated heterocycles. The molecule has 34 heavy (non-hydrogen) atoms. The molecule has 0 spiro atoms. The normalized spacial score (nSPS) is 10.9. The van der Waals surface area contributed by atoms with E-state index >= 15 is 0 Å². The van der Waals surface area contributed by atoms with Crippen molar-refractivity contribution < 1.29 is 4.79 Å². The fourth-order valence-corrected chi connectivity index (χ4v) is 5.50. The summed E-state index contributed by atoms with van der Waals surface area (Å²) in [6.45, 7) is 12.2. The lowest BCUT2D eigenvalue weighted by atomic mass is 10.1. The highest BCUT2D eigenvalue weighted by molar-refractivity contribution is 7.98. The van der Waals surface area contributed by atoms with Crippen molar-refractivity contribution in [2.45, 2.75) is 45.1 Å². The Kier molecular flexibility index (Phi) is 7.29. The molecule has 0 bridgehead atoms. The van der Waals surface area contributed by atoms with Crippen LogP contribution in [0.3, 0.4) is 0 Å². The number of amides is 1. The van der Waals surface area contributed by atoms with Crippen molar-refractivity contribution >= 4 is 39.8 Å². The Hall–Kier alpha value is -3.23. The van der Waals surface area contributed by atoms with Crippen molar-refractivity contribution in [3.05, 3.63) is 82.9 Å². The van der Waals surface area contributed by atoms with Crippen LogP contribution in [-0.4, -0.2) is 25.7 Å². The van der Waals surface area contributed by atoms with E-state index < -0.39 is 0 Å². The minimum absolute atomic E-state index is 0.0595. The zero-order valence-corrected chi connectivity index (χ0v) is 21.4. The smallest absolute Gasteiger partial charge is 0.230 e. The van der Waals surface area contributed by atoms with E-state index in [0.29, 0.717) is 17.4 Å². The molecule has 4 aromatic rings. The van der Waals surface area contributed by atoms with Gasteiger partial charge in [-0.25, -0.2) is 4.98 Å². The largest absolute Gasteiger partial charge is 0.298 e. The second-order valence-electron chi connectivity index (χ2n) is 8.06. The maximum Gasteiger partial charge on any atom is 0.230 e. The highest BCUT2D eigenvalue weighted by atomic mass is 32.2. The van der Waals surface area contributed by atoms with Crippen molar-refractivity contribution in [1.29, 1.82) is 0 Å². The Bertz CT molecular complexity index is 1340. The summed E-state index contributed by atoms with van der Waals surface area (Å²) in [7, 11) is 0. The van der Waals surface area contributed by atoms with Gasteiger partial charge in [-0.2, -0.15) is 0 Å². The van der Waals surface area contributed by atoms with Gasteiger partial charge in [-0.1, -0.05) is 53.7 Å². The first-order valence-corrected chi connectivity index (χ1v) is 12.8. The third kappa shape index (κ3) is 4.98. The quantitative estimate of drug-likeness (QED) is 0.209. The standard InChI is InChI=1S/C26H27N5OS2/c1-6-13-30-24(21-11-7-9-17(2)14-21)28-29-26(30)34-16-22-15-33-25(27-22)31(20(5)32)23-12-8-10-18(3)19(23)4/h6-12,14-15H,1,13,16H2,2-5H3. The third-order valence-electron chi connectivity index (χ3n) is 5.52. The molecule has 0 unspecified atom stereocenters. The van der Waals surface area contributed by atoms with Crippen molar-refractivity contribution in [3.63, 3.8) is 0 Å². The number of hydrogen-bond acceptors (Lipinski definition) is 6. The van der Waals surface area contributed by atoms with Crippen LogP contribution in [0.4, 0.5) is 10.8 Å². The summed E-state index contributed by atoms with van der Waals surface area (Å²) in [5, 5.41) is 12.4. The van der Waals surface area contributed by atoms with Crippen molar-refractivity contribution in [1.82, 2.24) is 19.7 Å². The number of thioether (sulfide) groups is 1. The summed E-state index contributed by atoms with van der Waals surface area (Å²) in [5.41, 5.74) is 6.19. The molecule has 0 saturated carbocycles. The number of anilines is 2. The number of aromatic nitrogens is 4. The molecular weight excluding hydrogens is 462 g/mol. The molecule has 4 rings (SSSR count). The molecule has 2 aromatic carbocycles. The minimum Gasteiger partial charge on any atom is -0.298 e. The van der Waals surface area contributed by atoms with Crippen molar-refractivity contribution in [3.8, 4) is 11.4 Å². The lowest BCUT2D eigenvalue weighted by Gasteiger charge is -2.21. The van der Waals surface area contributed by atoms with Gasteiger partial charge in [0, 0.05) is 30.2 Å². The first kappa shape index (κ1) is 23.9. The molecule has 0 aliphatic carbocycles. The number of thiazole rings is 1. The van der Waals surface area contributed by atoms with E-state index in [4.69, 9.17) is 4.98 Å². The maximum absolute atomic E-state index is 12.5. The molecule has 174 valence electrons. The Morgan fingerprint density at radius 1 is 1.18 bits per heavy atom. The van der Waals surface area contributed by atoms with E-state index in [2.05, 4.69) is 40.4 Å². The Labute approximate surface area is 208 Å². The lowest BCUT2D eigenvalue weighted by Crippen LogP contribution is -2.23. The second kappa shape index (κ2) is 10.4. The fraction of sp³-hybridized carbons (Fsp3) is 0.231. The van der Waals surface area contributed by atoms with Crippen LogP contribution in [0.15, 0.2) is 65.7 Å². The van der Waals surface area contributed by atoms with Crippen LogP contribution in [0, 0.1) is 20.8 Å². The summed E-state index contributed by atoms with van der Waals surface area (Å²) in [6.07, 6.45) is 1.85. The van der Waals surface area contributed by atoms with Crippen LogP contribution in [0.5, 0.6) is 0 Å². The van der Waals surface area contributed by atoms with Gasteiger partial charge in [0.25, 0.3) is 0 Å². The van der Waals surface area contributed by atoms with Gasteiger partial charge in [0.2, 0.25) is 5.91 Å². The van der Waals surface area contributed by atoms with Gasteiger partial charge in [-0.3, -0.25) is 14.3 Å². The zero-order chi connectivity index (χ0) is 24.2. The Morgan fingerprint density at radius 2 is 1.97 bits per heavy atom. The van der Waals surface area contributed by atoms with Gasteiger partial charge < -0.3 is 0 Å². The molecule has 8 heteroatoms. The summed E-state index contributed by atoms with van der Waals surface area (Å²) in [6, 6.07) is 14.2. The molecule has 1 amide bonds. The molecule has 0 atom stereocenters. The predicted octanol–water partition coefficient (Wildman–Crippen LogP) is 6.49. The van der Waals surface area contributed by atoms with E-state index in [-0.39, 0.29) is 5.91 Å². The predicted molar refractivity (Wildman–Crippen MR) is 141 cm³/mol. The molecule has 2 heterocycles. The van der Waals surface area contributed by atoms with Crippen molar-refractivity contribution in [2.75, 3.05) is 4.90 Å². The number of benzene rings is 2. The van der Waals surface area contributed by atoms with E-state index in [1.165, 1.54) is 16.9 Å². The number of rotatable bonds is 8. The van der Waals surface area contributed by atoms with Gasteiger partial charge in [-0.05, 0) is 44.0 Å². The van der Waals surface area contributed by atoms with Crippen LogP contribution < -0.4 is 4.90 Å². The topological polar surface area (TPSA) is 63.9 Å². The van der Waals surface area contributed by atoms with Crippen LogP contribution in [0.1, 0.15) is 29.3 Å². The van der Waals surface area contributed by atoms with Crippen molar-refractivity contribution in [2.24, 2.45) is 0 Å². The van der Waals surface area contributed by atoms with E-state index in [9.17, 15) is 4.79 Å². The van der Waals surface area contributed by atoms with Crippen LogP contribution >= 0.6 is 23.1 Å². The number of aryl methyl sites for hydroxylation is 2. The Morgan fingerprint density at radius 3 is 2.71 bits per heavy atom. The first-order chi connectivity index (χ1) is 16.4. The lowest BCUT2D eigenvalue weighted by molar-refractivity contribution is -0.115. The molecule has 0 aliphatic rings. The molecule has 6 nitrogen and oxygen atoms in total. The van der Waals surface area contributed by atoms with Gasteiger partial charge >= 0.3 is 0 Å². The molecule has 2 aromatic heterocycles. The zero-order valence-electron chi connectivity index (χ0n) is 19.8. The third-order valence-corrected chi connectivity index (χ3v) is 7.39. The molecule has 0 radical (unpaired) electrons. The molecule has 0 fully saturated rings. The average Bonchev–Trinajstić information content (AvgIpc) is 3.43. The maximum atomic E-state index is 12.5. The van der Waals surface area contributed by atoms with Gasteiger partial charge in [0.15, 0.2) is 16.1 Å². The fourth-order valence-electron chi connectivity index (χ4n) is 3.68. The van der Waals surface area contributed by atoms with E-state index in [0.717, 1.165) is 39.1 Å². The minimum atomic E-state index is -0.0595. The van der Waals surface area contributed by atoms with Crippen LogP contribution in [-0.2, 0) is 17.1 Å². The van der Waals surface area contributed by atoms with E-state index in [1.54, 1.807) is 23.6 Å². The highest BCUT2D eigenvalue weighted by Gasteiger charge is 2.21. The number of hydrogen-bond donors (Lipinski definition) is 0. The summed E-state index contributed by atoms with van der Waals surface area (Å²) >= 11 is 3.05. The highest BCUT2D eigenvalue weighted by Crippen LogP contribution is 2.34. The average molecular weight is 490 g/mol. The SMILES string of the molecule is C=CCn1c(SCc2csc(N(C(C)=O)c3cccc(C)c3C)n2)nnc1-c1cccc(C)c1. The monoisotopic (exact) mass is 489 g/mol. The summed E-state index contributed by atoms with van der Waals surface area (Å²) in [5.74, 6) is 1.39. The number of nitrogens with zero attached hydrogens (tertiary/aromatic N) is 5. The van der Waals surface area contributed by atoms with E-state index in [1.807, 2.05) is 55.6 Å². The number of carbonyl (C=O) groups excluding carboxylic acids is 1. The Balaban J connectivity index is 1.57. The van der Waals surface area contributed by atoms with Gasteiger partial charge in [0.05, 0.1) is 11.4 Å². The molecule has 0 aliphatic heterocycles. The molecule has 0 N–H and O–H groups in total.